The molecular formula is C21H24N2O3. The predicted molar refractivity (Wildman–Crippen MR) is 99.0 cm³/mol. The Hall–Kier alpha value is -2.43. The molecule has 0 aliphatic heterocycles. The van der Waals surface area contributed by atoms with Gasteiger partial charge in [0.2, 0.25) is 0 Å². The first-order valence-corrected chi connectivity index (χ1v) is 9.44. The van der Waals surface area contributed by atoms with Gasteiger partial charge < -0.3 is 10.1 Å². The minimum atomic E-state index is -0.799. The maximum atomic E-state index is 13.0. The molecule has 1 saturated carbocycles. The van der Waals surface area contributed by atoms with Gasteiger partial charge in [-0.15, -0.1) is 0 Å². The van der Waals surface area contributed by atoms with E-state index in [1.54, 1.807) is 6.92 Å². The lowest BCUT2D eigenvalue weighted by molar-refractivity contribution is -0.129. The monoisotopic (exact) mass is 352 g/mol. The third-order valence-corrected chi connectivity index (χ3v) is 5.29. The number of hydrogen-bond acceptors (Lipinski definition) is 4. The van der Waals surface area contributed by atoms with Crippen LogP contribution in [0, 0.1) is 5.92 Å². The summed E-state index contributed by atoms with van der Waals surface area (Å²) in [5.41, 5.74) is 3.37. The Morgan fingerprint density at radius 3 is 2.77 bits per heavy atom. The molecule has 2 aliphatic carbocycles. The van der Waals surface area contributed by atoms with Crippen molar-refractivity contribution < 1.29 is 14.3 Å². The van der Waals surface area contributed by atoms with Gasteiger partial charge in [-0.25, -0.2) is 4.79 Å². The zero-order chi connectivity index (χ0) is 18.3. The molecule has 2 aromatic rings. The van der Waals surface area contributed by atoms with E-state index >= 15 is 0 Å². The molecule has 1 heterocycles. The van der Waals surface area contributed by atoms with Crippen molar-refractivity contribution in [3.8, 4) is 0 Å². The fourth-order valence-corrected chi connectivity index (χ4v) is 3.61. The van der Waals surface area contributed by atoms with Crippen LogP contribution in [0.25, 0.3) is 10.9 Å². The number of para-hydroxylation sites is 1. The number of ether oxygens (including phenoxy) is 1. The molecule has 1 N–H and O–H groups in total. The van der Waals surface area contributed by atoms with Crippen molar-refractivity contribution in [3.05, 3.63) is 41.1 Å². The molecule has 0 spiro atoms. The molecule has 0 radical (unpaired) electrons. The van der Waals surface area contributed by atoms with Gasteiger partial charge in [0.05, 0.1) is 11.1 Å². The highest BCUT2D eigenvalue weighted by atomic mass is 16.5. The van der Waals surface area contributed by atoms with E-state index in [2.05, 4.69) is 12.2 Å². The third-order valence-electron chi connectivity index (χ3n) is 5.29. The summed E-state index contributed by atoms with van der Waals surface area (Å²) in [5, 5.41) is 3.69. The van der Waals surface area contributed by atoms with Crippen molar-refractivity contribution in [2.75, 3.05) is 0 Å². The molecule has 1 fully saturated rings. The highest BCUT2D eigenvalue weighted by Crippen LogP contribution is 2.32. The summed E-state index contributed by atoms with van der Waals surface area (Å²) in [6.07, 6.45) is 3.98. The number of hydrogen-bond donors (Lipinski definition) is 1. The SMILES string of the molecule is C[C@@H]1CCc2nc3ccccc3c(C(=O)O[C@H](C)C(=O)NC3CC3)c2C1. The molecule has 1 aromatic carbocycles. The molecule has 0 saturated heterocycles. The van der Waals surface area contributed by atoms with Crippen LogP contribution in [0.5, 0.6) is 0 Å². The molecule has 0 unspecified atom stereocenters. The van der Waals surface area contributed by atoms with Crippen molar-refractivity contribution >= 4 is 22.8 Å². The summed E-state index contributed by atoms with van der Waals surface area (Å²) >= 11 is 0. The highest BCUT2D eigenvalue weighted by Gasteiger charge is 2.30. The molecule has 0 bridgehead atoms. The number of rotatable bonds is 4. The standard InChI is InChI=1S/C21H24N2O3/c1-12-7-10-18-16(11-12)19(15-5-3-4-6-17(15)23-18)21(25)26-13(2)20(24)22-14-8-9-14/h3-6,12-14H,7-11H2,1-2H3,(H,22,24)/t12-,13-/m1/s1. The zero-order valence-electron chi connectivity index (χ0n) is 15.2. The first-order chi connectivity index (χ1) is 12.5. The number of benzene rings is 1. The quantitative estimate of drug-likeness (QED) is 0.858. The van der Waals surface area contributed by atoms with Crippen LogP contribution < -0.4 is 5.32 Å². The fourth-order valence-electron chi connectivity index (χ4n) is 3.61. The number of amides is 1. The lowest BCUT2D eigenvalue weighted by atomic mass is 9.84. The fraction of sp³-hybridized carbons (Fsp3) is 0.476. The number of carbonyl (C=O) groups excluding carboxylic acids is 2. The lowest BCUT2D eigenvalue weighted by Gasteiger charge is -2.24. The Kier molecular flexibility index (Phi) is 4.39. The smallest absolute Gasteiger partial charge is 0.339 e. The van der Waals surface area contributed by atoms with Crippen LogP contribution >= 0.6 is 0 Å². The van der Waals surface area contributed by atoms with Crippen LogP contribution in [0.1, 0.15) is 54.7 Å². The van der Waals surface area contributed by atoms with Crippen molar-refractivity contribution in [1.82, 2.24) is 10.3 Å². The summed E-state index contributed by atoms with van der Waals surface area (Å²) in [6.45, 7) is 3.83. The van der Waals surface area contributed by atoms with Gasteiger partial charge in [0.1, 0.15) is 0 Å². The van der Waals surface area contributed by atoms with Gasteiger partial charge in [0.25, 0.3) is 5.91 Å². The zero-order valence-corrected chi connectivity index (χ0v) is 15.2. The summed E-state index contributed by atoms with van der Waals surface area (Å²) in [6, 6.07) is 7.91. The molecular weight excluding hydrogens is 328 g/mol. The summed E-state index contributed by atoms with van der Waals surface area (Å²) in [7, 11) is 0. The molecule has 136 valence electrons. The predicted octanol–water partition coefficient (Wildman–Crippen LogP) is 3.18. The van der Waals surface area contributed by atoms with Crippen LogP contribution in [-0.2, 0) is 22.4 Å². The minimum Gasteiger partial charge on any atom is -0.449 e. The van der Waals surface area contributed by atoms with Crippen molar-refractivity contribution in [2.45, 2.75) is 58.1 Å². The number of pyridine rings is 1. The number of aryl methyl sites for hydroxylation is 1. The van der Waals surface area contributed by atoms with Gasteiger partial charge >= 0.3 is 5.97 Å². The second-order valence-electron chi connectivity index (χ2n) is 7.61. The van der Waals surface area contributed by atoms with Crippen molar-refractivity contribution in [1.29, 1.82) is 0 Å². The first kappa shape index (κ1) is 17.0. The molecule has 4 rings (SSSR count). The van der Waals surface area contributed by atoms with Crippen LogP contribution in [0.4, 0.5) is 0 Å². The summed E-state index contributed by atoms with van der Waals surface area (Å²) < 4.78 is 5.56. The molecule has 2 atom stereocenters. The Labute approximate surface area is 153 Å². The maximum Gasteiger partial charge on any atom is 0.339 e. The minimum absolute atomic E-state index is 0.221. The average molecular weight is 352 g/mol. The Bertz CT molecular complexity index is 873. The molecule has 5 heteroatoms. The van der Waals surface area contributed by atoms with E-state index in [0.29, 0.717) is 11.5 Å². The topological polar surface area (TPSA) is 68.3 Å². The summed E-state index contributed by atoms with van der Waals surface area (Å²) in [5.74, 6) is -0.138. The maximum absolute atomic E-state index is 13.0. The molecule has 1 aromatic heterocycles. The van der Waals surface area contributed by atoms with Gasteiger partial charge in [-0.1, -0.05) is 25.1 Å². The first-order valence-electron chi connectivity index (χ1n) is 9.44. The number of fused-ring (bicyclic) bond motifs is 2. The number of carbonyl (C=O) groups is 2. The largest absolute Gasteiger partial charge is 0.449 e. The van der Waals surface area contributed by atoms with Gasteiger partial charge in [-0.2, -0.15) is 0 Å². The molecule has 26 heavy (non-hydrogen) atoms. The van der Waals surface area contributed by atoms with Gasteiger partial charge in [0, 0.05) is 17.1 Å². The van der Waals surface area contributed by atoms with Crippen LogP contribution in [0.3, 0.4) is 0 Å². The number of nitrogens with zero attached hydrogens (tertiary/aromatic N) is 1. The average Bonchev–Trinajstić information content (AvgIpc) is 3.43. The van der Waals surface area contributed by atoms with Gasteiger partial charge in [0.15, 0.2) is 6.10 Å². The highest BCUT2D eigenvalue weighted by molar-refractivity contribution is 6.05. The van der Waals surface area contributed by atoms with E-state index in [4.69, 9.17) is 9.72 Å². The van der Waals surface area contributed by atoms with E-state index in [1.165, 1.54) is 0 Å². The second-order valence-corrected chi connectivity index (χ2v) is 7.61. The van der Waals surface area contributed by atoms with E-state index in [-0.39, 0.29) is 11.9 Å². The van der Waals surface area contributed by atoms with Gasteiger partial charge in [-0.05, 0) is 56.6 Å². The van der Waals surface area contributed by atoms with E-state index < -0.39 is 12.1 Å². The van der Waals surface area contributed by atoms with E-state index in [1.807, 2.05) is 24.3 Å². The normalized spacial score (nSPS) is 20.3. The third kappa shape index (κ3) is 3.30. The lowest BCUT2D eigenvalue weighted by Crippen LogP contribution is -2.37. The number of esters is 1. The Morgan fingerprint density at radius 1 is 1.23 bits per heavy atom. The van der Waals surface area contributed by atoms with E-state index in [9.17, 15) is 9.59 Å². The molecule has 2 aliphatic rings. The number of aromatic nitrogens is 1. The van der Waals surface area contributed by atoms with Crippen LogP contribution in [0.15, 0.2) is 24.3 Å². The van der Waals surface area contributed by atoms with Gasteiger partial charge in [-0.3, -0.25) is 9.78 Å². The van der Waals surface area contributed by atoms with Crippen molar-refractivity contribution in [2.24, 2.45) is 5.92 Å². The van der Waals surface area contributed by atoms with Crippen LogP contribution in [-0.4, -0.2) is 29.0 Å². The Morgan fingerprint density at radius 2 is 2.00 bits per heavy atom. The van der Waals surface area contributed by atoms with E-state index in [0.717, 1.165) is 54.3 Å². The van der Waals surface area contributed by atoms with Crippen molar-refractivity contribution in [3.63, 3.8) is 0 Å². The number of nitrogens with one attached hydrogen (secondary N) is 1. The molecule has 1 amide bonds. The summed E-state index contributed by atoms with van der Waals surface area (Å²) in [4.78, 5) is 30.0. The van der Waals surface area contributed by atoms with Crippen LogP contribution in [0.2, 0.25) is 0 Å². The Balaban J connectivity index is 1.68. The second kappa shape index (κ2) is 6.71. The molecule has 5 nitrogen and oxygen atoms in total.